The second kappa shape index (κ2) is 6.96. The van der Waals surface area contributed by atoms with Gasteiger partial charge in [0.05, 0.1) is 13.0 Å². The van der Waals surface area contributed by atoms with Gasteiger partial charge in [0.2, 0.25) is 16.9 Å². The molecule has 1 fully saturated rings. The van der Waals surface area contributed by atoms with Crippen LogP contribution in [0.1, 0.15) is 18.4 Å². The van der Waals surface area contributed by atoms with Crippen LogP contribution in [0.2, 0.25) is 0 Å². The van der Waals surface area contributed by atoms with E-state index in [1.54, 1.807) is 24.1 Å². The van der Waals surface area contributed by atoms with E-state index in [-0.39, 0.29) is 18.2 Å². The molecule has 2 amide bonds. The largest absolute Gasteiger partial charge is 0.497 e. The first-order valence-electron chi connectivity index (χ1n) is 7.68. The van der Waals surface area contributed by atoms with E-state index in [9.17, 15) is 9.59 Å². The Morgan fingerprint density at radius 2 is 2.12 bits per heavy atom. The van der Waals surface area contributed by atoms with Gasteiger partial charge < -0.3 is 15.0 Å². The molecule has 1 aromatic heterocycles. The van der Waals surface area contributed by atoms with Gasteiger partial charge in [0.1, 0.15) is 10.8 Å². The van der Waals surface area contributed by atoms with Crippen LogP contribution in [0.4, 0.5) is 10.8 Å². The maximum atomic E-state index is 12.4. The minimum absolute atomic E-state index is 0.0631. The van der Waals surface area contributed by atoms with Crippen molar-refractivity contribution in [3.05, 3.63) is 29.3 Å². The molecular weight excluding hydrogens is 328 g/mol. The number of rotatable bonds is 5. The van der Waals surface area contributed by atoms with E-state index in [0.29, 0.717) is 11.7 Å². The van der Waals surface area contributed by atoms with Gasteiger partial charge in [-0.1, -0.05) is 18.3 Å². The van der Waals surface area contributed by atoms with Gasteiger partial charge in [-0.15, -0.1) is 10.2 Å². The standard InChI is InChI=1S/C16H18N4O3S/c1-3-13-18-19-16(24-13)17-15(22)10-8-14(21)20(9-10)11-4-6-12(23-2)7-5-11/h4-7,10H,3,8-9H2,1-2H3,(H,17,19,22)/t10-/m1/s1. The number of aromatic nitrogens is 2. The summed E-state index contributed by atoms with van der Waals surface area (Å²) < 4.78 is 5.12. The number of amides is 2. The quantitative estimate of drug-likeness (QED) is 0.896. The fourth-order valence-corrected chi connectivity index (χ4v) is 3.23. The predicted octanol–water partition coefficient (Wildman–Crippen LogP) is 2.10. The summed E-state index contributed by atoms with van der Waals surface area (Å²) in [6.07, 6.45) is 0.970. The number of hydrogen-bond donors (Lipinski definition) is 1. The molecule has 1 aliphatic rings. The van der Waals surface area contributed by atoms with Gasteiger partial charge in [0.15, 0.2) is 0 Å². The zero-order valence-corrected chi connectivity index (χ0v) is 14.3. The molecule has 0 saturated carbocycles. The van der Waals surface area contributed by atoms with E-state index in [2.05, 4.69) is 15.5 Å². The molecule has 0 aliphatic carbocycles. The number of aryl methyl sites for hydroxylation is 1. The summed E-state index contributed by atoms with van der Waals surface area (Å²) in [6.45, 7) is 2.34. The Kier molecular flexibility index (Phi) is 4.75. The van der Waals surface area contributed by atoms with Crippen molar-refractivity contribution in [1.82, 2.24) is 10.2 Å². The first kappa shape index (κ1) is 16.4. The number of ether oxygens (including phenoxy) is 1. The number of methoxy groups -OCH3 is 1. The summed E-state index contributed by atoms with van der Waals surface area (Å²) >= 11 is 1.36. The van der Waals surface area contributed by atoms with Crippen molar-refractivity contribution in [3.8, 4) is 5.75 Å². The van der Waals surface area contributed by atoms with Gasteiger partial charge >= 0.3 is 0 Å². The summed E-state index contributed by atoms with van der Waals surface area (Å²) in [4.78, 5) is 26.2. The highest BCUT2D eigenvalue weighted by Gasteiger charge is 2.35. The fourth-order valence-electron chi connectivity index (χ4n) is 2.55. The first-order valence-corrected chi connectivity index (χ1v) is 8.50. The van der Waals surface area contributed by atoms with Gasteiger partial charge in [-0.25, -0.2) is 0 Å². The zero-order chi connectivity index (χ0) is 17.1. The Morgan fingerprint density at radius 3 is 2.75 bits per heavy atom. The van der Waals surface area contributed by atoms with Crippen LogP contribution in [-0.4, -0.2) is 35.7 Å². The topological polar surface area (TPSA) is 84.4 Å². The van der Waals surface area contributed by atoms with Gasteiger partial charge in [-0.3, -0.25) is 9.59 Å². The molecule has 0 spiro atoms. The number of nitrogens with one attached hydrogen (secondary N) is 1. The molecule has 0 unspecified atom stereocenters. The molecule has 1 aromatic carbocycles. The van der Waals surface area contributed by atoms with E-state index in [1.807, 2.05) is 19.1 Å². The molecule has 1 saturated heterocycles. The van der Waals surface area contributed by atoms with Gasteiger partial charge in [-0.05, 0) is 30.7 Å². The van der Waals surface area contributed by atoms with E-state index < -0.39 is 5.92 Å². The van der Waals surface area contributed by atoms with Crippen molar-refractivity contribution in [2.24, 2.45) is 5.92 Å². The van der Waals surface area contributed by atoms with Crippen molar-refractivity contribution in [1.29, 1.82) is 0 Å². The van der Waals surface area contributed by atoms with Gasteiger partial charge in [0, 0.05) is 18.7 Å². The highest BCUT2D eigenvalue weighted by molar-refractivity contribution is 7.15. The van der Waals surface area contributed by atoms with Crippen LogP contribution in [0.5, 0.6) is 5.75 Å². The fraction of sp³-hybridized carbons (Fsp3) is 0.375. The smallest absolute Gasteiger partial charge is 0.231 e. The molecule has 0 radical (unpaired) electrons. The summed E-state index contributed by atoms with van der Waals surface area (Å²) in [7, 11) is 1.59. The zero-order valence-electron chi connectivity index (χ0n) is 13.5. The van der Waals surface area contributed by atoms with Crippen LogP contribution in [0.25, 0.3) is 0 Å². The third kappa shape index (κ3) is 3.38. The van der Waals surface area contributed by atoms with Crippen LogP contribution in [0.3, 0.4) is 0 Å². The Bertz CT molecular complexity index is 744. The lowest BCUT2D eigenvalue weighted by Crippen LogP contribution is -2.28. The van der Waals surface area contributed by atoms with Crippen molar-refractivity contribution in [3.63, 3.8) is 0 Å². The molecule has 0 bridgehead atoms. The summed E-state index contributed by atoms with van der Waals surface area (Å²) in [5.41, 5.74) is 0.764. The van der Waals surface area contributed by atoms with Crippen molar-refractivity contribution < 1.29 is 14.3 Å². The van der Waals surface area contributed by atoms with Crippen LogP contribution >= 0.6 is 11.3 Å². The summed E-state index contributed by atoms with van der Waals surface area (Å²) in [5, 5.41) is 12.0. The maximum Gasteiger partial charge on any atom is 0.231 e. The minimum atomic E-state index is -0.395. The number of anilines is 2. The highest BCUT2D eigenvalue weighted by Crippen LogP contribution is 2.28. The monoisotopic (exact) mass is 346 g/mol. The first-order chi connectivity index (χ1) is 11.6. The van der Waals surface area contributed by atoms with Crippen LogP contribution in [-0.2, 0) is 16.0 Å². The lowest BCUT2D eigenvalue weighted by molar-refractivity contribution is -0.122. The van der Waals surface area contributed by atoms with Crippen molar-refractivity contribution in [2.45, 2.75) is 19.8 Å². The van der Waals surface area contributed by atoms with Crippen LogP contribution in [0.15, 0.2) is 24.3 Å². The number of hydrogen-bond acceptors (Lipinski definition) is 6. The van der Waals surface area contributed by atoms with Crippen LogP contribution in [0, 0.1) is 5.92 Å². The second-order valence-corrected chi connectivity index (χ2v) is 6.51. The molecular formula is C16H18N4O3S. The molecule has 1 aliphatic heterocycles. The Morgan fingerprint density at radius 1 is 1.38 bits per heavy atom. The van der Waals surface area contributed by atoms with Crippen LogP contribution < -0.4 is 15.0 Å². The highest BCUT2D eigenvalue weighted by atomic mass is 32.1. The molecule has 2 aromatic rings. The van der Waals surface area contributed by atoms with E-state index in [1.165, 1.54) is 11.3 Å². The number of carbonyl (C=O) groups excluding carboxylic acids is 2. The van der Waals surface area contributed by atoms with Crippen molar-refractivity contribution >= 4 is 34.0 Å². The lowest BCUT2D eigenvalue weighted by atomic mass is 10.1. The number of nitrogens with zero attached hydrogens (tertiary/aromatic N) is 3. The molecule has 8 heteroatoms. The Hall–Kier alpha value is -2.48. The second-order valence-electron chi connectivity index (χ2n) is 5.45. The molecule has 1 N–H and O–H groups in total. The molecule has 126 valence electrons. The summed E-state index contributed by atoms with van der Waals surface area (Å²) in [5.74, 6) is 0.0706. The van der Waals surface area contributed by atoms with Gasteiger partial charge in [-0.2, -0.15) is 0 Å². The van der Waals surface area contributed by atoms with E-state index in [4.69, 9.17) is 4.74 Å². The number of benzene rings is 1. The predicted molar refractivity (Wildman–Crippen MR) is 91.4 cm³/mol. The maximum absolute atomic E-state index is 12.4. The summed E-state index contributed by atoms with van der Waals surface area (Å²) in [6, 6.07) is 7.22. The molecule has 1 atom stereocenters. The third-order valence-corrected chi connectivity index (χ3v) is 4.86. The average Bonchev–Trinajstić information content (AvgIpc) is 3.21. The average molecular weight is 346 g/mol. The van der Waals surface area contributed by atoms with Crippen molar-refractivity contribution in [2.75, 3.05) is 23.9 Å². The molecule has 7 nitrogen and oxygen atoms in total. The normalized spacial score (nSPS) is 17.2. The Balaban J connectivity index is 1.65. The SMILES string of the molecule is CCc1nnc(NC(=O)[C@@H]2CC(=O)N(c3ccc(OC)cc3)C2)s1. The molecule has 2 heterocycles. The number of carbonyl (C=O) groups is 2. The lowest BCUT2D eigenvalue weighted by Gasteiger charge is -2.16. The Labute approximate surface area is 143 Å². The van der Waals surface area contributed by atoms with Gasteiger partial charge in [0.25, 0.3) is 0 Å². The molecule has 3 rings (SSSR count). The molecule has 24 heavy (non-hydrogen) atoms. The minimum Gasteiger partial charge on any atom is -0.497 e. The van der Waals surface area contributed by atoms with E-state index in [0.717, 1.165) is 22.9 Å². The third-order valence-electron chi connectivity index (χ3n) is 3.88. The van der Waals surface area contributed by atoms with E-state index >= 15 is 0 Å².